The molecule has 140 valence electrons. The lowest BCUT2D eigenvalue weighted by Crippen LogP contribution is -2.34. The Balaban J connectivity index is 1.60. The SMILES string of the molecule is COc1ccc2c(c1)CCN(C(=O)c1cc3ccc(OC)cc3n1C)CC2. The summed E-state index contributed by atoms with van der Waals surface area (Å²) in [6.45, 7) is 1.44. The molecule has 27 heavy (non-hydrogen) atoms. The van der Waals surface area contributed by atoms with Crippen molar-refractivity contribution in [1.29, 1.82) is 0 Å². The molecule has 0 aliphatic carbocycles. The fourth-order valence-electron chi connectivity index (χ4n) is 3.84. The normalized spacial score (nSPS) is 14.0. The van der Waals surface area contributed by atoms with E-state index in [2.05, 4.69) is 12.1 Å². The van der Waals surface area contributed by atoms with Crippen LogP contribution in [-0.4, -0.2) is 42.7 Å². The number of fused-ring (bicyclic) bond motifs is 2. The molecule has 0 spiro atoms. The van der Waals surface area contributed by atoms with Gasteiger partial charge in [0, 0.05) is 31.6 Å². The maximum absolute atomic E-state index is 13.2. The van der Waals surface area contributed by atoms with Gasteiger partial charge in [0.2, 0.25) is 0 Å². The van der Waals surface area contributed by atoms with Crippen LogP contribution < -0.4 is 9.47 Å². The van der Waals surface area contributed by atoms with Crippen LogP contribution in [0.5, 0.6) is 11.5 Å². The van der Waals surface area contributed by atoms with Crippen LogP contribution in [0.1, 0.15) is 21.6 Å². The molecule has 3 aromatic rings. The first-order valence-corrected chi connectivity index (χ1v) is 9.19. The Bertz CT molecular complexity index is 1010. The van der Waals surface area contributed by atoms with Crippen molar-refractivity contribution in [1.82, 2.24) is 9.47 Å². The van der Waals surface area contributed by atoms with Gasteiger partial charge in [0.15, 0.2) is 0 Å². The lowest BCUT2D eigenvalue weighted by atomic mass is 10.0. The first-order valence-electron chi connectivity index (χ1n) is 9.19. The molecule has 1 aromatic heterocycles. The van der Waals surface area contributed by atoms with Crippen molar-refractivity contribution in [3.05, 3.63) is 59.3 Å². The predicted octanol–water partition coefficient (Wildman–Crippen LogP) is 3.44. The number of nitrogens with zero attached hydrogens (tertiary/aromatic N) is 2. The molecular formula is C22H24N2O3. The number of aromatic nitrogens is 1. The molecule has 5 heteroatoms. The first kappa shape index (κ1) is 17.5. The van der Waals surface area contributed by atoms with Crippen LogP contribution >= 0.6 is 0 Å². The molecule has 0 bridgehead atoms. The number of carbonyl (C=O) groups excluding carboxylic acids is 1. The molecule has 2 aromatic carbocycles. The van der Waals surface area contributed by atoms with Crippen molar-refractivity contribution in [3.63, 3.8) is 0 Å². The van der Waals surface area contributed by atoms with Crippen molar-refractivity contribution >= 4 is 16.8 Å². The molecule has 2 heterocycles. The molecule has 0 fully saturated rings. The van der Waals surface area contributed by atoms with Crippen LogP contribution in [0.2, 0.25) is 0 Å². The van der Waals surface area contributed by atoms with Crippen LogP contribution in [0.25, 0.3) is 10.9 Å². The van der Waals surface area contributed by atoms with E-state index in [1.165, 1.54) is 11.1 Å². The fourth-order valence-corrected chi connectivity index (χ4v) is 3.84. The predicted molar refractivity (Wildman–Crippen MR) is 106 cm³/mol. The van der Waals surface area contributed by atoms with E-state index in [1.54, 1.807) is 14.2 Å². The molecule has 0 saturated heterocycles. The van der Waals surface area contributed by atoms with E-state index in [4.69, 9.17) is 9.47 Å². The van der Waals surface area contributed by atoms with Crippen LogP contribution in [0.4, 0.5) is 0 Å². The molecule has 5 nitrogen and oxygen atoms in total. The summed E-state index contributed by atoms with van der Waals surface area (Å²) < 4.78 is 12.6. The number of benzene rings is 2. The second-order valence-corrected chi connectivity index (χ2v) is 6.94. The van der Waals surface area contributed by atoms with Crippen LogP contribution in [0, 0.1) is 0 Å². The van der Waals surface area contributed by atoms with E-state index in [0.29, 0.717) is 12.2 Å². The van der Waals surface area contributed by atoms with Gasteiger partial charge in [-0.2, -0.15) is 0 Å². The quantitative estimate of drug-likeness (QED) is 0.715. The Morgan fingerprint density at radius 2 is 1.56 bits per heavy atom. The van der Waals surface area contributed by atoms with Crippen molar-refractivity contribution in [3.8, 4) is 11.5 Å². The van der Waals surface area contributed by atoms with E-state index in [1.807, 2.05) is 46.8 Å². The average Bonchev–Trinajstić information content (AvgIpc) is 2.89. The Morgan fingerprint density at radius 1 is 0.889 bits per heavy atom. The van der Waals surface area contributed by atoms with Gasteiger partial charge in [-0.15, -0.1) is 0 Å². The molecule has 0 N–H and O–H groups in total. The van der Waals surface area contributed by atoms with E-state index in [-0.39, 0.29) is 5.91 Å². The molecule has 0 saturated carbocycles. The van der Waals surface area contributed by atoms with Gasteiger partial charge in [-0.3, -0.25) is 4.79 Å². The van der Waals surface area contributed by atoms with Gasteiger partial charge in [-0.05, 0) is 54.3 Å². The Labute approximate surface area is 159 Å². The third-order valence-electron chi connectivity index (χ3n) is 5.47. The number of rotatable bonds is 3. The van der Waals surface area contributed by atoms with Gasteiger partial charge in [0.05, 0.1) is 19.7 Å². The monoisotopic (exact) mass is 364 g/mol. The molecule has 1 aliphatic heterocycles. The van der Waals surface area contributed by atoms with Gasteiger partial charge < -0.3 is 18.9 Å². The second kappa shape index (κ2) is 6.99. The minimum atomic E-state index is 0.0763. The summed E-state index contributed by atoms with van der Waals surface area (Å²) in [6, 6.07) is 14.1. The topological polar surface area (TPSA) is 43.7 Å². The zero-order valence-electron chi connectivity index (χ0n) is 16.0. The lowest BCUT2D eigenvalue weighted by molar-refractivity contribution is 0.0754. The highest BCUT2D eigenvalue weighted by molar-refractivity contribution is 5.99. The van der Waals surface area contributed by atoms with Gasteiger partial charge in [0.25, 0.3) is 5.91 Å². The fraction of sp³-hybridized carbons (Fsp3) is 0.318. The lowest BCUT2D eigenvalue weighted by Gasteiger charge is -2.20. The Hall–Kier alpha value is -2.95. The summed E-state index contributed by atoms with van der Waals surface area (Å²) in [5, 5.41) is 1.05. The number of aryl methyl sites for hydroxylation is 1. The zero-order chi connectivity index (χ0) is 19.0. The van der Waals surface area contributed by atoms with Gasteiger partial charge in [-0.1, -0.05) is 6.07 Å². The highest BCUT2D eigenvalue weighted by Gasteiger charge is 2.23. The number of amides is 1. The standard InChI is InChI=1S/C22H24N2O3/c1-23-20-14-19(27-3)7-5-17(20)13-21(23)22(25)24-10-8-15-4-6-18(26-2)12-16(15)9-11-24/h4-7,12-14H,8-11H2,1-3H3. The maximum atomic E-state index is 13.2. The van der Waals surface area contributed by atoms with Crippen molar-refractivity contribution in [2.75, 3.05) is 27.3 Å². The summed E-state index contributed by atoms with van der Waals surface area (Å²) in [5.74, 6) is 1.74. The number of methoxy groups -OCH3 is 2. The van der Waals surface area contributed by atoms with E-state index in [9.17, 15) is 4.79 Å². The van der Waals surface area contributed by atoms with Crippen molar-refractivity contribution in [2.45, 2.75) is 12.8 Å². The molecule has 4 rings (SSSR count). The smallest absolute Gasteiger partial charge is 0.270 e. The Kier molecular flexibility index (Phi) is 4.52. The molecule has 0 unspecified atom stereocenters. The summed E-state index contributed by atoms with van der Waals surface area (Å²) in [4.78, 5) is 15.2. The van der Waals surface area contributed by atoms with Crippen molar-refractivity contribution < 1.29 is 14.3 Å². The number of hydrogen-bond donors (Lipinski definition) is 0. The largest absolute Gasteiger partial charge is 0.497 e. The van der Waals surface area contributed by atoms with Crippen LogP contribution in [0.15, 0.2) is 42.5 Å². The molecule has 0 radical (unpaired) electrons. The summed E-state index contributed by atoms with van der Waals surface area (Å²) >= 11 is 0. The molecule has 1 aliphatic rings. The summed E-state index contributed by atoms with van der Waals surface area (Å²) in [7, 11) is 5.27. The highest BCUT2D eigenvalue weighted by Crippen LogP contribution is 2.26. The van der Waals surface area contributed by atoms with Gasteiger partial charge in [-0.25, -0.2) is 0 Å². The number of hydrogen-bond acceptors (Lipinski definition) is 3. The minimum Gasteiger partial charge on any atom is -0.497 e. The van der Waals surface area contributed by atoms with Gasteiger partial charge >= 0.3 is 0 Å². The third-order valence-corrected chi connectivity index (χ3v) is 5.47. The van der Waals surface area contributed by atoms with E-state index in [0.717, 1.165) is 41.8 Å². The van der Waals surface area contributed by atoms with Crippen LogP contribution in [-0.2, 0) is 19.9 Å². The van der Waals surface area contributed by atoms with E-state index >= 15 is 0 Å². The number of ether oxygens (including phenoxy) is 2. The minimum absolute atomic E-state index is 0.0763. The second-order valence-electron chi connectivity index (χ2n) is 6.94. The summed E-state index contributed by atoms with van der Waals surface area (Å²) in [5.41, 5.74) is 4.28. The summed E-state index contributed by atoms with van der Waals surface area (Å²) in [6.07, 6.45) is 1.71. The molecular weight excluding hydrogens is 340 g/mol. The van der Waals surface area contributed by atoms with E-state index < -0.39 is 0 Å². The Morgan fingerprint density at radius 3 is 2.30 bits per heavy atom. The zero-order valence-corrected chi connectivity index (χ0v) is 16.0. The molecule has 0 atom stereocenters. The highest BCUT2D eigenvalue weighted by atomic mass is 16.5. The number of carbonyl (C=O) groups is 1. The van der Waals surface area contributed by atoms with Gasteiger partial charge in [0.1, 0.15) is 17.2 Å². The third kappa shape index (κ3) is 3.14. The maximum Gasteiger partial charge on any atom is 0.270 e. The average molecular weight is 364 g/mol. The van der Waals surface area contributed by atoms with Crippen molar-refractivity contribution in [2.24, 2.45) is 7.05 Å². The molecule has 1 amide bonds. The van der Waals surface area contributed by atoms with Crippen LogP contribution in [0.3, 0.4) is 0 Å². The first-order chi connectivity index (χ1) is 13.1.